The second kappa shape index (κ2) is 15.1. The molecular formula is C66H41N4O2P. The SMILES string of the molecule is O=P1(c2ccccc2)c2ccc(-n3c4ccccc4c4cc5c6ccccc6n(-c6ccccc6)c5cc43)cc2Oc2cc(-n3c4ccccc4c4cc5c6ccccc6n(-c6ccccc6)c5cc43)ccc21. The van der Waals surface area contributed by atoms with Crippen LogP contribution in [0.2, 0.25) is 0 Å². The van der Waals surface area contributed by atoms with Crippen molar-refractivity contribution in [3.63, 3.8) is 0 Å². The average molecular weight is 953 g/mol. The second-order valence-corrected chi connectivity index (χ2v) is 21.9. The Balaban J connectivity index is 0.918. The summed E-state index contributed by atoms with van der Waals surface area (Å²) in [4.78, 5) is 0. The highest BCUT2D eigenvalue weighted by atomic mass is 31.2. The third-order valence-electron chi connectivity index (χ3n) is 15.4. The zero-order chi connectivity index (χ0) is 47.9. The van der Waals surface area contributed by atoms with E-state index in [-0.39, 0.29) is 0 Å². The molecule has 0 N–H and O–H groups in total. The van der Waals surface area contributed by atoms with Gasteiger partial charge in [0, 0.05) is 83.3 Å². The maximum Gasteiger partial charge on any atom is 0.178 e. The van der Waals surface area contributed by atoms with Gasteiger partial charge in [0.15, 0.2) is 7.14 Å². The molecule has 11 aromatic carbocycles. The van der Waals surface area contributed by atoms with Gasteiger partial charge in [0.25, 0.3) is 0 Å². The molecular weight excluding hydrogens is 912 g/mol. The molecule has 0 atom stereocenters. The fourth-order valence-electron chi connectivity index (χ4n) is 12.3. The molecule has 0 bridgehead atoms. The Bertz CT molecular complexity index is 4570. The number of para-hydroxylation sites is 6. The second-order valence-electron chi connectivity index (χ2n) is 19.2. The average Bonchev–Trinajstić information content (AvgIpc) is 4.16. The molecule has 7 heteroatoms. The van der Waals surface area contributed by atoms with E-state index in [1.54, 1.807) is 0 Å². The third-order valence-corrected chi connectivity index (χ3v) is 18.5. The Kier molecular flexibility index (Phi) is 8.34. The highest BCUT2D eigenvalue weighted by Gasteiger charge is 2.40. The largest absolute Gasteiger partial charge is 0.456 e. The van der Waals surface area contributed by atoms with E-state index in [1.807, 2.05) is 42.5 Å². The fraction of sp³-hybridized carbons (Fsp3) is 0. The first-order valence-corrected chi connectivity index (χ1v) is 26.5. The van der Waals surface area contributed by atoms with E-state index in [0.717, 1.165) is 93.7 Å². The molecule has 1 aliphatic heterocycles. The number of ether oxygens (including phenoxy) is 1. The van der Waals surface area contributed by atoms with Crippen LogP contribution in [-0.4, -0.2) is 18.3 Å². The molecule has 0 saturated carbocycles. The van der Waals surface area contributed by atoms with E-state index >= 15 is 4.57 Å². The van der Waals surface area contributed by atoms with E-state index in [4.69, 9.17) is 4.74 Å². The van der Waals surface area contributed by atoms with Crippen LogP contribution in [0.4, 0.5) is 0 Å². The van der Waals surface area contributed by atoms with Crippen LogP contribution in [0.25, 0.3) is 110 Å². The van der Waals surface area contributed by atoms with Crippen LogP contribution in [0.15, 0.2) is 249 Å². The molecule has 0 radical (unpaired) electrons. The lowest BCUT2D eigenvalue weighted by molar-refractivity contribution is 0.485. The lowest BCUT2D eigenvalue weighted by Crippen LogP contribution is -2.31. The monoisotopic (exact) mass is 952 g/mol. The normalized spacial score (nSPS) is 13.2. The number of hydrogen-bond donors (Lipinski definition) is 0. The molecule has 0 unspecified atom stereocenters. The first-order valence-electron chi connectivity index (χ1n) is 24.8. The van der Waals surface area contributed by atoms with Crippen molar-refractivity contribution in [2.24, 2.45) is 0 Å². The summed E-state index contributed by atoms with van der Waals surface area (Å²) in [6.07, 6.45) is 0. The van der Waals surface area contributed by atoms with Crippen LogP contribution >= 0.6 is 7.14 Å². The molecule has 0 spiro atoms. The van der Waals surface area contributed by atoms with E-state index in [0.29, 0.717) is 22.1 Å². The molecule has 4 aromatic heterocycles. The van der Waals surface area contributed by atoms with Crippen molar-refractivity contribution in [3.8, 4) is 34.2 Å². The maximum absolute atomic E-state index is 16.4. The predicted molar refractivity (Wildman–Crippen MR) is 303 cm³/mol. The van der Waals surface area contributed by atoms with Gasteiger partial charge in [0.05, 0.1) is 54.7 Å². The maximum atomic E-state index is 16.4. The minimum Gasteiger partial charge on any atom is -0.456 e. The summed E-state index contributed by atoms with van der Waals surface area (Å²) >= 11 is 0. The molecule has 0 fully saturated rings. The van der Waals surface area contributed by atoms with Gasteiger partial charge in [-0.25, -0.2) is 0 Å². The first-order chi connectivity index (χ1) is 36.1. The molecule has 0 aliphatic carbocycles. The Labute approximate surface area is 418 Å². The predicted octanol–water partition coefficient (Wildman–Crippen LogP) is 15.8. The van der Waals surface area contributed by atoms with Gasteiger partial charge in [-0.2, -0.15) is 0 Å². The summed E-state index contributed by atoms with van der Waals surface area (Å²) in [6, 6.07) is 87.7. The first kappa shape index (κ1) is 40.4. The minimum atomic E-state index is -3.46. The van der Waals surface area contributed by atoms with Crippen molar-refractivity contribution >= 4 is 110 Å². The van der Waals surface area contributed by atoms with Gasteiger partial charge in [-0.1, -0.05) is 140 Å². The van der Waals surface area contributed by atoms with Gasteiger partial charge in [-0.05, 0) is 97.1 Å². The van der Waals surface area contributed by atoms with Gasteiger partial charge >= 0.3 is 0 Å². The van der Waals surface area contributed by atoms with Gasteiger partial charge in [-0.15, -0.1) is 0 Å². The van der Waals surface area contributed by atoms with Gasteiger partial charge in [-0.3, -0.25) is 0 Å². The molecule has 16 rings (SSSR count). The van der Waals surface area contributed by atoms with Crippen molar-refractivity contribution in [3.05, 3.63) is 249 Å². The van der Waals surface area contributed by atoms with E-state index in [2.05, 4.69) is 225 Å². The van der Waals surface area contributed by atoms with Crippen LogP contribution in [-0.2, 0) is 4.57 Å². The fourth-order valence-corrected chi connectivity index (χ4v) is 15.1. The Morgan fingerprint density at radius 2 is 0.575 bits per heavy atom. The van der Waals surface area contributed by atoms with Crippen LogP contribution in [0.1, 0.15) is 0 Å². The molecule has 6 nitrogen and oxygen atoms in total. The van der Waals surface area contributed by atoms with Crippen LogP contribution in [0, 0.1) is 0 Å². The number of hydrogen-bond acceptors (Lipinski definition) is 2. The summed E-state index contributed by atoms with van der Waals surface area (Å²) in [5.41, 5.74) is 12.9. The number of nitrogens with zero attached hydrogens (tertiary/aromatic N) is 4. The molecule has 0 amide bonds. The van der Waals surface area contributed by atoms with Crippen molar-refractivity contribution in [1.82, 2.24) is 18.3 Å². The molecule has 0 saturated heterocycles. The number of fused-ring (bicyclic) bond motifs is 14. The molecule has 1 aliphatic rings. The number of rotatable bonds is 5. The highest BCUT2D eigenvalue weighted by molar-refractivity contribution is 7.85. The summed E-state index contributed by atoms with van der Waals surface area (Å²) in [5.74, 6) is 1.16. The van der Waals surface area contributed by atoms with Crippen molar-refractivity contribution in [1.29, 1.82) is 0 Å². The van der Waals surface area contributed by atoms with Gasteiger partial charge < -0.3 is 27.6 Å². The standard InChI is InChI=1S/C66H41N4O2P/c71-73(46-22-8-3-9-23-46)65-34-32-44(69-57-30-16-12-26-49(57)53-38-51-47-24-10-14-28-55(47)67(59(51)40-61(53)69)42-18-4-1-5-19-42)36-63(65)72-64-37-45(33-35-66(64)73)70-58-31-17-13-27-50(58)54-39-52-48-25-11-15-29-56(48)68(60(52)41-62(54)70)43-20-6-2-7-21-43/h1-41H. The Morgan fingerprint density at radius 1 is 0.260 bits per heavy atom. The highest BCUT2D eigenvalue weighted by Crippen LogP contribution is 2.53. The van der Waals surface area contributed by atoms with Crippen LogP contribution < -0.4 is 20.7 Å². The quantitative estimate of drug-likeness (QED) is 0.161. The zero-order valence-electron chi connectivity index (χ0n) is 39.2. The molecule has 5 heterocycles. The topological polar surface area (TPSA) is 46.0 Å². The van der Waals surface area contributed by atoms with Gasteiger partial charge in [0.2, 0.25) is 0 Å². The summed E-state index contributed by atoms with van der Waals surface area (Å²) < 4.78 is 33.0. The van der Waals surface area contributed by atoms with Crippen molar-refractivity contribution in [2.45, 2.75) is 0 Å². The van der Waals surface area contributed by atoms with Crippen molar-refractivity contribution < 1.29 is 9.30 Å². The van der Waals surface area contributed by atoms with E-state index in [9.17, 15) is 0 Å². The minimum absolute atomic E-state index is 0.580. The number of aromatic nitrogens is 4. The molecule has 342 valence electrons. The van der Waals surface area contributed by atoms with Crippen LogP contribution in [0.3, 0.4) is 0 Å². The summed E-state index contributed by atoms with van der Waals surface area (Å²) in [5, 5.41) is 11.6. The zero-order valence-corrected chi connectivity index (χ0v) is 40.1. The third kappa shape index (κ3) is 5.61. The summed E-state index contributed by atoms with van der Waals surface area (Å²) in [6.45, 7) is 0. The molecule has 73 heavy (non-hydrogen) atoms. The molecule has 15 aromatic rings. The van der Waals surface area contributed by atoms with Gasteiger partial charge in [0.1, 0.15) is 11.5 Å². The van der Waals surface area contributed by atoms with Crippen LogP contribution in [0.5, 0.6) is 11.5 Å². The van der Waals surface area contributed by atoms with E-state index < -0.39 is 7.14 Å². The smallest absolute Gasteiger partial charge is 0.178 e. The lowest BCUT2D eigenvalue weighted by Gasteiger charge is -2.30. The van der Waals surface area contributed by atoms with E-state index in [1.165, 1.54) is 21.5 Å². The summed E-state index contributed by atoms with van der Waals surface area (Å²) in [7, 11) is -3.46. The lowest BCUT2D eigenvalue weighted by atomic mass is 10.1. The Hall–Kier alpha value is -9.35. The van der Waals surface area contributed by atoms with Crippen molar-refractivity contribution in [2.75, 3.05) is 0 Å². The number of benzene rings is 11. The Morgan fingerprint density at radius 3 is 0.945 bits per heavy atom.